The van der Waals surface area contributed by atoms with Crippen LogP contribution >= 0.6 is 0 Å². The first-order valence-corrected chi connectivity index (χ1v) is 9.43. The molecule has 3 rings (SSSR count). The van der Waals surface area contributed by atoms with E-state index in [0.29, 0.717) is 6.54 Å². The highest BCUT2D eigenvalue weighted by Gasteiger charge is 2.22. The maximum absolute atomic E-state index is 12.4. The number of fused-ring (bicyclic) bond motifs is 1. The van der Waals surface area contributed by atoms with Crippen molar-refractivity contribution in [2.45, 2.75) is 30.1 Å². The van der Waals surface area contributed by atoms with E-state index in [1.165, 1.54) is 35.4 Å². The van der Waals surface area contributed by atoms with Crippen LogP contribution < -0.4 is 10.5 Å². The molecule has 2 aromatic rings. The smallest absolute Gasteiger partial charge is 0.248 e. The Kier molecular flexibility index (Phi) is 4.69. The third kappa shape index (κ3) is 3.49. The second-order valence-corrected chi connectivity index (χ2v) is 7.80. The normalized spacial score (nSPS) is 17.2. The molecule has 0 bridgehead atoms. The Labute approximate surface area is 141 Å². The average Bonchev–Trinajstić information content (AvgIpc) is 2.60. The number of nitrogens with two attached hydrogens (primary N) is 1. The molecule has 24 heavy (non-hydrogen) atoms. The van der Waals surface area contributed by atoms with Crippen LogP contribution in [0.2, 0.25) is 0 Å². The van der Waals surface area contributed by atoms with Crippen molar-refractivity contribution in [2.75, 3.05) is 6.54 Å². The third-order valence-electron chi connectivity index (χ3n) is 4.46. The van der Waals surface area contributed by atoms with Crippen LogP contribution in [0, 0.1) is 0 Å². The summed E-state index contributed by atoms with van der Waals surface area (Å²) >= 11 is 0. The van der Waals surface area contributed by atoms with Crippen LogP contribution in [0.15, 0.2) is 53.4 Å². The van der Waals surface area contributed by atoms with Gasteiger partial charge in [0.1, 0.15) is 0 Å². The van der Waals surface area contributed by atoms with Gasteiger partial charge in [0.25, 0.3) is 0 Å². The van der Waals surface area contributed by atoms with Crippen molar-refractivity contribution in [3.63, 3.8) is 0 Å². The Bertz CT molecular complexity index is 845. The van der Waals surface area contributed by atoms with Crippen molar-refractivity contribution >= 4 is 15.9 Å². The highest BCUT2D eigenvalue weighted by atomic mass is 32.2. The Balaban J connectivity index is 1.73. The summed E-state index contributed by atoms with van der Waals surface area (Å²) < 4.78 is 27.6. The summed E-state index contributed by atoms with van der Waals surface area (Å²) in [6.07, 6.45) is 3.09. The van der Waals surface area contributed by atoms with E-state index in [2.05, 4.69) is 16.9 Å². The highest BCUT2D eigenvalue weighted by Crippen LogP contribution is 2.31. The highest BCUT2D eigenvalue weighted by molar-refractivity contribution is 7.89. The summed E-state index contributed by atoms with van der Waals surface area (Å²) in [5.74, 6) is -0.389. The van der Waals surface area contributed by atoms with Crippen LogP contribution in [0.4, 0.5) is 0 Å². The quantitative estimate of drug-likeness (QED) is 0.871. The van der Waals surface area contributed by atoms with E-state index in [1.54, 1.807) is 0 Å². The lowest BCUT2D eigenvalue weighted by molar-refractivity contribution is 0.1000. The lowest BCUT2D eigenvalue weighted by Crippen LogP contribution is -2.30. The minimum atomic E-state index is -3.61. The van der Waals surface area contributed by atoms with Gasteiger partial charge in [-0.25, -0.2) is 13.1 Å². The topological polar surface area (TPSA) is 89.3 Å². The number of sulfonamides is 1. The minimum Gasteiger partial charge on any atom is -0.366 e. The predicted octanol–water partition coefficient (Wildman–Crippen LogP) is 2.18. The largest absolute Gasteiger partial charge is 0.366 e. The molecular weight excluding hydrogens is 324 g/mol. The van der Waals surface area contributed by atoms with Crippen LogP contribution in [-0.4, -0.2) is 20.9 Å². The number of aryl methyl sites for hydroxylation is 1. The van der Waals surface area contributed by atoms with Gasteiger partial charge >= 0.3 is 0 Å². The fourth-order valence-corrected chi connectivity index (χ4v) is 4.24. The van der Waals surface area contributed by atoms with Gasteiger partial charge < -0.3 is 5.73 Å². The molecule has 5 nitrogen and oxygen atoms in total. The van der Waals surface area contributed by atoms with E-state index >= 15 is 0 Å². The number of benzene rings is 2. The molecule has 6 heteroatoms. The van der Waals surface area contributed by atoms with E-state index in [4.69, 9.17) is 5.73 Å². The van der Waals surface area contributed by atoms with Crippen molar-refractivity contribution in [2.24, 2.45) is 5.73 Å². The lowest BCUT2D eigenvalue weighted by atomic mass is 9.83. The Morgan fingerprint density at radius 1 is 1.12 bits per heavy atom. The number of carbonyl (C=O) groups excluding carboxylic acids is 1. The van der Waals surface area contributed by atoms with Gasteiger partial charge in [-0.3, -0.25) is 4.79 Å². The zero-order chi connectivity index (χ0) is 17.2. The van der Waals surface area contributed by atoms with Crippen molar-refractivity contribution < 1.29 is 13.2 Å². The first-order chi connectivity index (χ1) is 11.5. The molecule has 1 atom stereocenters. The van der Waals surface area contributed by atoms with Crippen LogP contribution in [0.25, 0.3) is 0 Å². The number of hydrogen-bond acceptors (Lipinski definition) is 3. The number of nitrogens with one attached hydrogen (secondary N) is 1. The molecule has 0 fully saturated rings. The number of amides is 1. The summed E-state index contributed by atoms with van der Waals surface area (Å²) in [6, 6.07) is 13.8. The van der Waals surface area contributed by atoms with E-state index < -0.39 is 15.9 Å². The molecule has 126 valence electrons. The van der Waals surface area contributed by atoms with E-state index in [0.717, 1.165) is 19.3 Å². The summed E-state index contributed by atoms with van der Waals surface area (Å²) in [5.41, 5.74) is 7.99. The molecule has 0 aromatic heterocycles. The van der Waals surface area contributed by atoms with Gasteiger partial charge in [0, 0.05) is 12.1 Å². The maximum atomic E-state index is 12.4. The summed E-state index contributed by atoms with van der Waals surface area (Å²) in [5, 5.41) is 0. The number of primary amides is 1. The van der Waals surface area contributed by atoms with Gasteiger partial charge in [0.2, 0.25) is 15.9 Å². The Morgan fingerprint density at radius 2 is 1.83 bits per heavy atom. The minimum absolute atomic E-state index is 0.136. The van der Waals surface area contributed by atoms with Crippen molar-refractivity contribution in [3.8, 4) is 0 Å². The molecule has 2 aromatic carbocycles. The molecule has 1 aliphatic rings. The van der Waals surface area contributed by atoms with E-state index in [1.807, 2.05) is 12.1 Å². The first-order valence-electron chi connectivity index (χ1n) is 7.95. The second-order valence-electron chi connectivity index (χ2n) is 6.03. The lowest BCUT2D eigenvalue weighted by Gasteiger charge is -2.25. The van der Waals surface area contributed by atoms with Crippen molar-refractivity contribution in [1.29, 1.82) is 0 Å². The van der Waals surface area contributed by atoms with Gasteiger partial charge in [-0.15, -0.1) is 0 Å². The monoisotopic (exact) mass is 344 g/mol. The summed E-state index contributed by atoms with van der Waals surface area (Å²) in [7, 11) is -3.61. The van der Waals surface area contributed by atoms with E-state index in [9.17, 15) is 13.2 Å². The average molecular weight is 344 g/mol. The number of carbonyl (C=O) groups is 1. The van der Waals surface area contributed by atoms with Crippen LogP contribution in [0.1, 0.15) is 40.2 Å². The van der Waals surface area contributed by atoms with Crippen molar-refractivity contribution in [1.82, 2.24) is 4.72 Å². The molecule has 0 spiro atoms. The summed E-state index contributed by atoms with van der Waals surface area (Å²) in [4.78, 5) is 11.2. The zero-order valence-electron chi connectivity index (χ0n) is 13.2. The SMILES string of the molecule is NC(=O)c1ccc(S(=O)(=O)NCC2CCCc3ccccc32)cc1. The molecular formula is C18H20N2O3S. The fraction of sp³-hybridized carbons (Fsp3) is 0.278. The van der Waals surface area contributed by atoms with Crippen LogP contribution in [0.3, 0.4) is 0 Å². The van der Waals surface area contributed by atoms with Gasteiger partial charge in [0.05, 0.1) is 4.90 Å². The van der Waals surface area contributed by atoms with Gasteiger partial charge in [-0.1, -0.05) is 24.3 Å². The van der Waals surface area contributed by atoms with Crippen LogP contribution in [0.5, 0.6) is 0 Å². The third-order valence-corrected chi connectivity index (χ3v) is 5.90. The molecule has 1 aliphatic carbocycles. The molecule has 0 saturated heterocycles. The predicted molar refractivity (Wildman–Crippen MR) is 92.3 cm³/mol. The number of rotatable bonds is 5. The van der Waals surface area contributed by atoms with E-state index in [-0.39, 0.29) is 16.4 Å². The van der Waals surface area contributed by atoms with Crippen LogP contribution in [-0.2, 0) is 16.4 Å². The number of hydrogen-bond donors (Lipinski definition) is 2. The fourth-order valence-electron chi connectivity index (χ4n) is 3.16. The van der Waals surface area contributed by atoms with Crippen molar-refractivity contribution in [3.05, 3.63) is 65.2 Å². The zero-order valence-corrected chi connectivity index (χ0v) is 14.1. The van der Waals surface area contributed by atoms with Gasteiger partial charge in [0.15, 0.2) is 0 Å². The molecule has 0 heterocycles. The molecule has 1 amide bonds. The van der Waals surface area contributed by atoms with Gasteiger partial charge in [-0.05, 0) is 60.6 Å². The first kappa shape index (κ1) is 16.7. The molecule has 0 radical (unpaired) electrons. The standard InChI is InChI=1S/C18H20N2O3S/c19-18(21)14-8-10-16(11-9-14)24(22,23)20-12-15-6-3-5-13-4-1-2-7-17(13)15/h1-2,4,7-11,15,20H,3,5-6,12H2,(H2,19,21). The Morgan fingerprint density at radius 3 is 2.54 bits per heavy atom. The molecule has 0 aliphatic heterocycles. The second kappa shape index (κ2) is 6.75. The maximum Gasteiger partial charge on any atom is 0.248 e. The molecule has 0 saturated carbocycles. The Hall–Kier alpha value is -2.18. The van der Waals surface area contributed by atoms with Gasteiger partial charge in [-0.2, -0.15) is 0 Å². The molecule has 1 unspecified atom stereocenters. The summed E-state index contributed by atoms with van der Waals surface area (Å²) in [6.45, 7) is 0.372. The molecule has 3 N–H and O–H groups in total.